The molecule has 2 atom stereocenters. The van der Waals surface area contributed by atoms with Crippen molar-refractivity contribution in [2.24, 2.45) is 11.7 Å². The first-order valence-electron chi connectivity index (χ1n) is 13.9. The summed E-state index contributed by atoms with van der Waals surface area (Å²) in [5.74, 6) is -3.50. The second-order valence-corrected chi connectivity index (χ2v) is 12.6. The molecule has 0 aliphatic rings. The molecular weight excluding hydrogens is 552 g/mol. The van der Waals surface area contributed by atoms with E-state index in [0.717, 1.165) is 16.7 Å². The summed E-state index contributed by atoms with van der Waals surface area (Å²) < 4.78 is 26.3. The number of aliphatic carboxylic acids is 1. The fourth-order valence-electron chi connectivity index (χ4n) is 4.67. The number of amides is 1. The molecule has 3 rings (SSSR count). The Bertz CT molecular complexity index is 1460. The largest absolute Gasteiger partial charge is 0.481 e. The SMILES string of the molecule is C=C(N)c1ccc(CCC(=O)[C@H](CCC(=O)O)NC(=O)[C@@H](CCc2ccccc2)CS(=O)(=O)Cc2ccccc2)cc1. The molecule has 0 bridgehead atoms. The number of benzene rings is 3. The molecule has 0 spiro atoms. The van der Waals surface area contributed by atoms with Gasteiger partial charge in [0.05, 0.1) is 23.5 Å². The van der Waals surface area contributed by atoms with E-state index in [9.17, 15) is 27.9 Å². The van der Waals surface area contributed by atoms with Crippen LogP contribution in [-0.4, -0.2) is 43.0 Å². The van der Waals surface area contributed by atoms with Crippen molar-refractivity contribution in [3.8, 4) is 0 Å². The van der Waals surface area contributed by atoms with E-state index in [1.807, 2.05) is 42.5 Å². The molecule has 42 heavy (non-hydrogen) atoms. The fourth-order valence-corrected chi connectivity index (χ4v) is 6.42. The number of carbonyl (C=O) groups is 3. The Morgan fingerprint density at radius 1 is 0.786 bits per heavy atom. The van der Waals surface area contributed by atoms with Gasteiger partial charge in [0.1, 0.15) is 0 Å². The highest BCUT2D eigenvalue weighted by Gasteiger charge is 2.29. The average Bonchev–Trinajstić information content (AvgIpc) is 2.96. The number of nitrogens with two attached hydrogens (primary N) is 1. The number of nitrogens with one attached hydrogen (secondary N) is 1. The monoisotopic (exact) mass is 590 g/mol. The van der Waals surface area contributed by atoms with Crippen LogP contribution in [-0.2, 0) is 42.8 Å². The predicted molar refractivity (Wildman–Crippen MR) is 164 cm³/mol. The van der Waals surface area contributed by atoms with Gasteiger partial charge in [-0.2, -0.15) is 0 Å². The van der Waals surface area contributed by atoms with Gasteiger partial charge in [0.25, 0.3) is 0 Å². The minimum atomic E-state index is -3.68. The molecule has 0 saturated carbocycles. The van der Waals surface area contributed by atoms with E-state index in [1.54, 1.807) is 42.5 Å². The third-order valence-electron chi connectivity index (χ3n) is 7.02. The predicted octanol–water partition coefficient (Wildman–Crippen LogP) is 4.33. The van der Waals surface area contributed by atoms with Crippen molar-refractivity contribution < 1.29 is 27.9 Å². The van der Waals surface area contributed by atoms with Crippen molar-refractivity contribution in [1.29, 1.82) is 0 Å². The summed E-state index contributed by atoms with van der Waals surface area (Å²) in [7, 11) is -3.68. The zero-order valence-electron chi connectivity index (χ0n) is 23.6. The lowest BCUT2D eigenvalue weighted by Gasteiger charge is -2.22. The molecule has 3 aromatic carbocycles. The molecule has 0 saturated heterocycles. The molecule has 9 heteroatoms. The Labute approximate surface area is 247 Å². The molecule has 0 aliphatic carbocycles. The van der Waals surface area contributed by atoms with Crippen LogP contribution in [0, 0.1) is 5.92 Å². The van der Waals surface area contributed by atoms with E-state index >= 15 is 0 Å². The number of hydrogen-bond donors (Lipinski definition) is 3. The lowest BCUT2D eigenvalue weighted by Crippen LogP contribution is -2.45. The van der Waals surface area contributed by atoms with Crippen molar-refractivity contribution in [2.45, 2.75) is 50.3 Å². The van der Waals surface area contributed by atoms with Crippen LogP contribution in [0.15, 0.2) is 91.5 Å². The van der Waals surface area contributed by atoms with Gasteiger partial charge in [0, 0.05) is 18.5 Å². The molecule has 0 aromatic heterocycles. The van der Waals surface area contributed by atoms with Crippen LogP contribution in [0.3, 0.4) is 0 Å². The number of rotatable bonds is 17. The highest BCUT2D eigenvalue weighted by molar-refractivity contribution is 7.90. The summed E-state index contributed by atoms with van der Waals surface area (Å²) in [5, 5.41) is 12.0. The number of sulfone groups is 1. The normalized spacial score (nSPS) is 12.7. The molecule has 0 heterocycles. The van der Waals surface area contributed by atoms with Crippen molar-refractivity contribution in [1.82, 2.24) is 5.32 Å². The maximum Gasteiger partial charge on any atom is 0.303 e. The Morgan fingerprint density at radius 3 is 1.93 bits per heavy atom. The van der Waals surface area contributed by atoms with Gasteiger partial charge in [-0.3, -0.25) is 14.4 Å². The zero-order valence-corrected chi connectivity index (χ0v) is 24.4. The number of aryl methyl sites for hydroxylation is 2. The number of carboxylic acid groups (broad SMARTS) is 1. The first kappa shape index (κ1) is 32.3. The summed E-state index contributed by atoms with van der Waals surface area (Å²) in [6.07, 6.45) is 0.785. The van der Waals surface area contributed by atoms with Crippen LogP contribution in [0.25, 0.3) is 5.70 Å². The van der Waals surface area contributed by atoms with Gasteiger partial charge in [-0.1, -0.05) is 91.5 Å². The van der Waals surface area contributed by atoms with Crippen molar-refractivity contribution in [3.63, 3.8) is 0 Å². The lowest BCUT2D eigenvalue weighted by molar-refractivity contribution is -0.138. The Morgan fingerprint density at radius 2 is 1.36 bits per heavy atom. The summed E-state index contributed by atoms with van der Waals surface area (Å²) >= 11 is 0. The topological polar surface area (TPSA) is 144 Å². The Kier molecular flexibility index (Phi) is 12.0. The molecule has 0 unspecified atom stereocenters. The first-order chi connectivity index (χ1) is 20.0. The highest BCUT2D eigenvalue weighted by atomic mass is 32.2. The molecule has 1 amide bonds. The summed E-state index contributed by atoms with van der Waals surface area (Å²) in [4.78, 5) is 38.1. The minimum absolute atomic E-state index is 0.0778. The van der Waals surface area contributed by atoms with Crippen molar-refractivity contribution in [3.05, 3.63) is 114 Å². The van der Waals surface area contributed by atoms with Crippen molar-refractivity contribution in [2.75, 3.05) is 5.75 Å². The van der Waals surface area contributed by atoms with Crippen LogP contribution in [0.1, 0.15) is 47.9 Å². The molecule has 0 radical (unpaired) electrons. The van der Waals surface area contributed by atoms with E-state index in [4.69, 9.17) is 5.73 Å². The van der Waals surface area contributed by atoms with Crippen molar-refractivity contribution >= 4 is 33.2 Å². The Balaban J connectivity index is 1.74. The number of ketones is 1. The maximum atomic E-state index is 13.5. The number of carboxylic acids is 1. The summed E-state index contributed by atoms with van der Waals surface area (Å²) in [6.45, 7) is 3.70. The van der Waals surface area contributed by atoms with E-state index in [2.05, 4.69) is 11.9 Å². The van der Waals surface area contributed by atoms with Gasteiger partial charge in [0.2, 0.25) is 5.91 Å². The van der Waals surface area contributed by atoms with Gasteiger partial charge >= 0.3 is 5.97 Å². The van der Waals surface area contributed by atoms with Crippen LogP contribution < -0.4 is 11.1 Å². The highest BCUT2D eigenvalue weighted by Crippen LogP contribution is 2.18. The molecular formula is C33H38N2O6S. The Hall–Kier alpha value is -4.24. The number of hydrogen-bond acceptors (Lipinski definition) is 6. The molecule has 3 aromatic rings. The number of carbonyl (C=O) groups excluding carboxylic acids is 2. The first-order valence-corrected chi connectivity index (χ1v) is 15.7. The molecule has 8 nitrogen and oxygen atoms in total. The van der Waals surface area contributed by atoms with Gasteiger partial charge in [-0.15, -0.1) is 0 Å². The van der Waals surface area contributed by atoms with E-state index < -0.39 is 33.7 Å². The average molecular weight is 591 g/mol. The standard InChI is InChI=1S/C33H38N2O6S/c1-24(34)28-16-12-26(13-17-28)15-20-31(36)30(19-21-32(37)38)35-33(39)29(18-14-25-8-4-2-5-9-25)23-42(40,41)22-27-10-6-3-7-11-27/h2-13,16-17,29-30H,1,14-15,18-23,34H2,(H,35,39)(H,37,38)/t29-,30-/m0/s1. The van der Waals surface area contributed by atoms with Crippen LogP contribution in [0.2, 0.25) is 0 Å². The summed E-state index contributed by atoms with van der Waals surface area (Å²) in [6, 6.07) is 24.4. The van der Waals surface area contributed by atoms with Crippen LogP contribution >= 0.6 is 0 Å². The lowest BCUT2D eigenvalue weighted by atomic mass is 9.97. The van der Waals surface area contributed by atoms with Crippen LogP contribution in [0.4, 0.5) is 0 Å². The number of Topliss-reactive ketones (excluding diaryl/α,β-unsaturated/α-hetero) is 1. The van der Waals surface area contributed by atoms with Gasteiger partial charge in [-0.05, 0) is 47.9 Å². The second-order valence-electron chi connectivity index (χ2n) is 10.4. The van der Waals surface area contributed by atoms with Gasteiger partial charge in [0.15, 0.2) is 15.6 Å². The second kappa shape index (κ2) is 15.7. The summed E-state index contributed by atoms with van der Waals surface area (Å²) in [5.41, 5.74) is 9.38. The molecule has 0 aliphatic heterocycles. The van der Waals surface area contributed by atoms with E-state index in [0.29, 0.717) is 24.1 Å². The van der Waals surface area contributed by atoms with E-state index in [1.165, 1.54) is 0 Å². The quantitative estimate of drug-likeness (QED) is 0.212. The molecule has 222 valence electrons. The molecule has 4 N–H and O–H groups in total. The third kappa shape index (κ3) is 11.0. The maximum absolute atomic E-state index is 13.5. The van der Waals surface area contributed by atoms with Gasteiger partial charge in [-0.25, -0.2) is 8.42 Å². The van der Waals surface area contributed by atoms with Crippen LogP contribution in [0.5, 0.6) is 0 Å². The smallest absolute Gasteiger partial charge is 0.303 e. The fraction of sp³-hybridized carbons (Fsp3) is 0.303. The van der Waals surface area contributed by atoms with Gasteiger partial charge < -0.3 is 16.2 Å². The van der Waals surface area contributed by atoms with E-state index in [-0.39, 0.29) is 43.0 Å². The minimum Gasteiger partial charge on any atom is -0.481 e. The zero-order chi connectivity index (χ0) is 30.5. The molecule has 0 fully saturated rings. The third-order valence-corrected chi connectivity index (χ3v) is 8.70.